The molecule has 0 aliphatic rings. The quantitative estimate of drug-likeness (QED) is 0.138. The molecular formula is C26H33I4NO5. The van der Waals surface area contributed by atoms with E-state index in [0.717, 1.165) is 44.2 Å². The molecule has 0 bridgehead atoms. The van der Waals surface area contributed by atoms with Gasteiger partial charge in [0.1, 0.15) is 11.8 Å². The van der Waals surface area contributed by atoms with Crippen LogP contribution in [0.15, 0.2) is 30.3 Å². The molecular weight excluding hydrogens is 914 g/mol. The van der Waals surface area contributed by atoms with E-state index in [2.05, 4.69) is 102 Å². The Morgan fingerprint density at radius 2 is 1.44 bits per heavy atom. The molecule has 6 nitrogen and oxygen atoms in total. The number of likely N-dealkylation sites (N-methyl/N-ethyl adjacent to an activating group) is 1. The van der Waals surface area contributed by atoms with Crippen LogP contribution in [0, 0.1) is 14.3 Å². The maximum Gasteiger partial charge on any atom is 0.328 e. The first-order valence-electron chi connectivity index (χ1n) is 11.9. The standard InChI is InChI=1S/C26H33I4NO5/c1-15(32)6-4-8-20(33)9-5-7-16(2)35-26(34)24(31-3)17-10-22(29)25(23(30)11-17)36-21-13-18(27)12-19(28)14-21/h10-16,20,24,31-33H,4-9H2,1-3H3. The topological polar surface area (TPSA) is 88.0 Å². The van der Waals surface area contributed by atoms with Gasteiger partial charge in [-0.3, -0.25) is 0 Å². The fourth-order valence-electron chi connectivity index (χ4n) is 3.73. The molecule has 0 aliphatic carbocycles. The first kappa shape index (κ1) is 32.7. The second kappa shape index (κ2) is 16.6. The molecule has 0 fully saturated rings. The van der Waals surface area contributed by atoms with Crippen LogP contribution in [0.25, 0.3) is 0 Å². The van der Waals surface area contributed by atoms with Crippen molar-refractivity contribution in [2.24, 2.45) is 0 Å². The first-order chi connectivity index (χ1) is 17.0. The van der Waals surface area contributed by atoms with Gasteiger partial charge in [0.15, 0.2) is 5.75 Å². The molecule has 4 atom stereocenters. The van der Waals surface area contributed by atoms with E-state index in [1.165, 1.54) is 0 Å². The molecule has 0 aromatic heterocycles. The van der Waals surface area contributed by atoms with Gasteiger partial charge in [0, 0.05) is 7.14 Å². The van der Waals surface area contributed by atoms with E-state index in [1.807, 2.05) is 31.2 Å². The zero-order chi connectivity index (χ0) is 26.8. The number of aliphatic hydroxyl groups excluding tert-OH is 2. The normalized spacial score (nSPS) is 14.7. The average Bonchev–Trinajstić information content (AvgIpc) is 2.76. The van der Waals surface area contributed by atoms with E-state index >= 15 is 0 Å². The van der Waals surface area contributed by atoms with Crippen LogP contribution >= 0.6 is 90.4 Å². The number of esters is 1. The summed E-state index contributed by atoms with van der Waals surface area (Å²) in [7, 11) is 1.75. The number of hydrogen-bond acceptors (Lipinski definition) is 6. The summed E-state index contributed by atoms with van der Waals surface area (Å²) in [5, 5.41) is 22.5. The Balaban J connectivity index is 1.96. The molecule has 0 amide bonds. The first-order valence-corrected chi connectivity index (χ1v) is 16.2. The molecule has 0 spiro atoms. The highest BCUT2D eigenvalue weighted by molar-refractivity contribution is 14.1. The Morgan fingerprint density at radius 1 is 0.889 bits per heavy atom. The summed E-state index contributed by atoms with van der Waals surface area (Å²) in [5.74, 6) is 1.22. The van der Waals surface area contributed by atoms with Gasteiger partial charge in [-0.2, -0.15) is 0 Å². The predicted molar refractivity (Wildman–Crippen MR) is 177 cm³/mol. The van der Waals surface area contributed by atoms with Crippen molar-refractivity contribution in [3.05, 3.63) is 50.2 Å². The van der Waals surface area contributed by atoms with Crippen LogP contribution in [0.5, 0.6) is 11.5 Å². The minimum Gasteiger partial charge on any atom is -0.461 e. The lowest BCUT2D eigenvalue weighted by Crippen LogP contribution is -2.30. The summed E-state index contributed by atoms with van der Waals surface area (Å²) in [6.07, 6.45) is 3.34. The highest BCUT2D eigenvalue weighted by Crippen LogP contribution is 2.35. The van der Waals surface area contributed by atoms with Crippen molar-refractivity contribution in [3.63, 3.8) is 0 Å². The third kappa shape index (κ3) is 11.3. The highest BCUT2D eigenvalue weighted by Gasteiger charge is 2.25. The van der Waals surface area contributed by atoms with Gasteiger partial charge in [0.25, 0.3) is 0 Å². The van der Waals surface area contributed by atoms with E-state index in [1.54, 1.807) is 14.0 Å². The summed E-state index contributed by atoms with van der Waals surface area (Å²) in [6.45, 7) is 3.65. The summed E-state index contributed by atoms with van der Waals surface area (Å²) in [4.78, 5) is 13.0. The van der Waals surface area contributed by atoms with E-state index in [9.17, 15) is 15.0 Å². The lowest BCUT2D eigenvalue weighted by Gasteiger charge is -2.21. The molecule has 0 radical (unpaired) electrons. The third-order valence-electron chi connectivity index (χ3n) is 5.56. The molecule has 3 N–H and O–H groups in total. The Kier molecular flexibility index (Phi) is 15.1. The molecule has 4 unspecified atom stereocenters. The van der Waals surface area contributed by atoms with Crippen molar-refractivity contribution in [1.82, 2.24) is 5.32 Å². The summed E-state index contributed by atoms with van der Waals surface area (Å²) in [6, 6.07) is 9.38. The van der Waals surface area contributed by atoms with E-state index in [-0.39, 0.29) is 24.3 Å². The van der Waals surface area contributed by atoms with E-state index in [0.29, 0.717) is 25.7 Å². The van der Waals surface area contributed by atoms with Gasteiger partial charge < -0.3 is 25.0 Å². The number of ether oxygens (including phenoxy) is 2. The zero-order valence-corrected chi connectivity index (χ0v) is 29.2. The minimum absolute atomic E-state index is 0.248. The largest absolute Gasteiger partial charge is 0.461 e. The Hall–Kier alpha value is 0.510. The van der Waals surface area contributed by atoms with Gasteiger partial charge >= 0.3 is 5.97 Å². The molecule has 0 heterocycles. The van der Waals surface area contributed by atoms with Crippen LogP contribution in [0.3, 0.4) is 0 Å². The smallest absolute Gasteiger partial charge is 0.328 e. The van der Waals surface area contributed by atoms with Crippen LogP contribution in [0.1, 0.15) is 64.0 Å². The van der Waals surface area contributed by atoms with Crippen molar-refractivity contribution < 1.29 is 24.5 Å². The number of carbonyl (C=O) groups is 1. The van der Waals surface area contributed by atoms with Gasteiger partial charge in [-0.1, -0.05) is 0 Å². The fraction of sp³-hybridized carbons (Fsp3) is 0.500. The lowest BCUT2D eigenvalue weighted by molar-refractivity contribution is -0.151. The molecule has 36 heavy (non-hydrogen) atoms. The van der Waals surface area contributed by atoms with Crippen LogP contribution in [0.4, 0.5) is 0 Å². The average molecular weight is 947 g/mol. The van der Waals surface area contributed by atoms with Crippen molar-refractivity contribution >= 4 is 96.3 Å². The molecule has 0 aliphatic heterocycles. The van der Waals surface area contributed by atoms with E-state index < -0.39 is 6.04 Å². The number of aliphatic hydroxyl groups is 2. The SMILES string of the molecule is CNC(C(=O)OC(C)CCCC(O)CCCC(C)O)c1cc(I)c(Oc2cc(I)cc(I)c2)c(I)c1. The Bertz CT molecular complexity index is 961. The second-order valence-corrected chi connectivity index (χ2v) is 13.7. The maximum atomic E-state index is 13.0. The minimum atomic E-state index is -0.590. The molecule has 0 saturated heterocycles. The summed E-state index contributed by atoms with van der Waals surface area (Å²) >= 11 is 9.03. The molecule has 10 heteroatoms. The lowest BCUT2D eigenvalue weighted by atomic mass is 10.0. The molecule has 2 aromatic rings. The second-order valence-electron chi connectivity index (χ2n) is 8.85. The molecule has 2 aromatic carbocycles. The predicted octanol–water partition coefficient (Wildman–Crippen LogP) is 7.17. The maximum absolute atomic E-state index is 13.0. The zero-order valence-electron chi connectivity index (χ0n) is 20.6. The number of hydrogen-bond donors (Lipinski definition) is 3. The summed E-state index contributed by atoms with van der Waals surface area (Å²) in [5.41, 5.74) is 0.821. The Labute approximate surface area is 268 Å². The monoisotopic (exact) mass is 947 g/mol. The number of halogens is 4. The number of rotatable bonds is 14. The third-order valence-corrected chi connectivity index (χ3v) is 8.41. The van der Waals surface area contributed by atoms with Gasteiger partial charge in [-0.05, 0) is 186 Å². The molecule has 2 rings (SSSR count). The Morgan fingerprint density at radius 3 is 1.97 bits per heavy atom. The van der Waals surface area contributed by atoms with Gasteiger partial charge in [-0.25, -0.2) is 4.79 Å². The number of benzene rings is 2. The van der Waals surface area contributed by atoms with Crippen molar-refractivity contribution in [2.45, 2.75) is 76.7 Å². The highest BCUT2D eigenvalue weighted by atomic mass is 127. The number of nitrogens with one attached hydrogen (secondary N) is 1. The summed E-state index contributed by atoms with van der Waals surface area (Å²) < 4.78 is 16.0. The van der Waals surface area contributed by atoms with Crippen LogP contribution in [-0.4, -0.2) is 41.5 Å². The van der Waals surface area contributed by atoms with Crippen LogP contribution < -0.4 is 10.1 Å². The fourth-order valence-corrected chi connectivity index (χ4v) is 7.65. The van der Waals surface area contributed by atoms with Crippen LogP contribution in [0.2, 0.25) is 0 Å². The van der Waals surface area contributed by atoms with Crippen molar-refractivity contribution in [1.29, 1.82) is 0 Å². The van der Waals surface area contributed by atoms with Crippen molar-refractivity contribution in [3.8, 4) is 11.5 Å². The van der Waals surface area contributed by atoms with Gasteiger partial charge in [0.2, 0.25) is 0 Å². The molecule has 200 valence electrons. The van der Waals surface area contributed by atoms with Gasteiger partial charge in [0.05, 0.1) is 25.5 Å². The van der Waals surface area contributed by atoms with E-state index in [4.69, 9.17) is 9.47 Å². The number of carbonyl (C=O) groups excluding carboxylic acids is 1. The van der Waals surface area contributed by atoms with Crippen molar-refractivity contribution in [2.75, 3.05) is 7.05 Å². The molecule has 0 saturated carbocycles. The van der Waals surface area contributed by atoms with Gasteiger partial charge in [-0.15, -0.1) is 0 Å². The van der Waals surface area contributed by atoms with Crippen LogP contribution in [-0.2, 0) is 9.53 Å².